The summed E-state index contributed by atoms with van der Waals surface area (Å²) >= 11 is 0. The van der Waals surface area contributed by atoms with Crippen LogP contribution in [-0.4, -0.2) is 54.4 Å². The molecule has 3 saturated carbocycles. The molecule has 1 amide bonds. The predicted molar refractivity (Wildman–Crippen MR) is 166 cm³/mol. The number of allylic oxidation sites excluding steroid dienone is 4. The fourth-order valence-corrected chi connectivity index (χ4v) is 11.2. The number of aliphatic hydroxyl groups is 1. The highest BCUT2D eigenvalue weighted by atomic mass is 16.6. The zero-order valence-corrected chi connectivity index (χ0v) is 26.6. The molecule has 1 aromatic carbocycles. The predicted octanol–water partition coefficient (Wildman–Crippen LogP) is 6.73. The summed E-state index contributed by atoms with van der Waals surface area (Å²) in [6.07, 6.45) is 13.6. The van der Waals surface area contributed by atoms with Crippen molar-refractivity contribution in [2.45, 2.75) is 77.0 Å². The minimum atomic E-state index is -0.656. The van der Waals surface area contributed by atoms with Gasteiger partial charge in [0.2, 0.25) is 5.78 Å². The SMILES string of the molecule is COc1ccc(CN2CC3(CCC4C56C=CC7(C=C5C(=O)c5ccco5)CC(O)CCC7(C)C6CCC43C)OC2=O)c(OC)c1. The van der Waals surface area contributed by atoms with Crippen molar-refractivity contribution < 1.29 is 33.3 Å². The maximum absolute atomic E-state index is 14.4. The van der Waals surface area contributed by atoms with Gasteiger partial charge >= 0.3 is 6.09 Å². The minimum Gasteiger partial charge on any atom is -0.497 e. The van der Waals surface area contributed by atoms with E-state index in [4.69, 9.17) is 18.6 Å². The monoisotopic (exact) mass is 613 g/mol. The number of rotatable bonds is 6. The molecule has 2 aromatic rings. The van der Waals surface area contributed by atoms with Crippen LogP contribution in [0.1, 0.15) is 74.9 Å². The molecule has 9 rings (SSSR count). The summed E-state index contributed by atoms with van der Waals surface area (Å²) in [6.45, 7) is 5.59. The van der Waals surface area contributed by atoms with E-state index in [0.29, 0.717) is 36.8 Å². The average Bonchev–Trinajstić information content (AvgIpc) is 3.75. The number of carbonyl (C=O) groups excluding carboxylic acids is 2. The summed E-state index contributed by atoms with van der Waals surface area (Å²) < 4.78 is 23.2. The molecule has 7 aliphatic rings. The topological polar surface area (TPSA) is 98.4 Å². The Hall–Kier alpha value is -3.52. The van der Waals surface area contributed by atoms with Crippen LogP contribution in [0, 0.1) is 33.5 Å². The summed E-state index contributed by atoms with van der Waals surface area (Å²) in [5.74, 6) is 2.02. The Morgan fingerprint density at radius 1 is 1.02 bits per heavy atom. The Bertz CT molecular complexity index is 1630. The first-order valence-corrected chi connectivity index (χ1v) is 16.4. The van der Waals surface area contributed by atoms with Crippen LogP contribution in [0.15, 0.2) is 64.8 Å². The van der Waals surface area contributed by atoms with Gasteiger partial charge in [0, 0.05) is 33.4 Å². The summed E-state index contributed by atoms with van der Waals surface area (Å²) in [4.78, 5) is 29.9. The Balaban J connectivity index is 1.19. The van der Waals surface area contributed by atoms with Gasteiger partial charge in [-0.2, -0.15) is 0 Å². The van der Waals surface area contributed by atoms with Gasteiger partial charge in [0.15, 0.2) is 5.76 Å². The highest BCUT2D eigenvalue weighted by Gasteiger charge is 2.76. The molecule has 2 heterocycles. The van der Waals surface area contributed by atoms with Crippen molar-refractivity contribution in [3.05, 3.63) is 71.7 Å². The van der Waals surface area contributed by atoms with Crippen LogP contribution in [0.2, 0.25) is 0 Å². The van der Waals surface area contributed by atoms with E-state index >= 15 is 0 Å². The van der Waals surface area contributed by atoms with Crippen LogP contribution in [0.3, 0.4) is 0 Å². The molecule has 0 radical (unpaired) electrons. The van der Waals surface area contributed by atoms with Gasteiger partial charge in [-0.05, 0) is 86.5 Å². The number of carbonyl (C=O) groups is 2. The third-order valence-electron chi connectivity index (χ3n) is 13.5. The number of benzene rings is 1. The van der Waals surface area contributed by atoms with Gasteiger partial charge in [0.05, 0.1) is 39.7 Å². The molecular weight excluding hydrogens is 570 g/mol. The first kappa shape index (κ1) is 28.9. The fraction of sp³-hybridized carbons (Fsp3) is 0.568. The molecule has 1 saturated heterocycles. The van der Waals surface area contributed by atoms with Crippen LogP contribution in [-0.2, 0) is 11.3 Å². The van der Waals surface area contributed by atoms with Gasteiger partial charge in [-0.25, -0.2) is 4.79 Å². The number of methoxy groups -OCH3 is 2. The fourth-order valence-electron chi connectivity index (χ4n) is 11.2. The number of furan rings is 1. The Labute approximate surface area is 264 Å². The van der Waals surface area contributed by atoms with Crippen LogP contribution in [0.4, 0.5) is 4.79 Å². The van der Waals surface area contributed by atoms with E-state index in [1.165, 1.54) is 0 Å². The van der Waals surface area contributed by atoms with Crippen LogP contribution < -0.4 is 9.47 Å². The number of ether oxygens (including phenoxy) is 3. The van der Waals surface area contributed by atoms with E-state index in [9.17, 15) is 14.7 Å². The van der Waals surface area contributed by atoms with E-state index in [1.807, 2.05) is 23.1 Å². The maximum Gasteiger partial charge on any atom is 0.410 e. The number of fused-ring (bicyclic) bond motifs is 2. The molecule has 1 aliphatic heterocycles. The quantitative estimate of drug-likeness (QED) is 0.285. The number of nitrogens with zero attached hydrogens (tertiary/aromatic N) is 1. The average molecular weight is 614 g/mol. The van der Waals surface area contributed by atoms with Crippen molar-refractivity contribution in [1.29, 1.82) is 0 Å². The summed E-state index contributed by atoms with van der Waals surface area (Å²) in [7, 11) is 3.25. The zero-order chi connectivity index (χ0) is 31.4. The molecule has 45 heavy (non-hydrogen) atoms. The molecule has 8 heteroatoms. The van der Waals surface area contributed by atoms with Gasteiger partial charge < -0.3 is 23.7 Å². The number of hydrogen-bond acceptors (Lipinski definition) is 7. The zero-order valence-electron chi connectivity index (χ0n) is 26.6. The standard InChI is InChI=1S/C37H43NO7/c1-33-12-9-24(39)19-35(33)15-16-37(26(20-35)31(40)27-6-5-17-44-27)29(33)10-13-34(2)30(37)11-14-36(34)22-38(32(41)45-36)21-23-7-8-25(42-3)18-28(23)43-4/h5-8,15-18,20,24,29-30,39H,9-14,19,21-22H2,1-4H3. The number of aliphatic hydroxyl groups excluding tert-OH is 1. The Morgan fingerprint density at radius 3 is 2.56 bits per heavy atom. The molecule has 1 N–H and O–H groups in total. The molecule has 3 spiro atoms. The van der Waals surface area contributed by atoms with Crippen molar-refractivity contribution >= 4 is 11.9 Å². The van der Waals surface area contributed by atoms with E-state index in [0.717, 1.165) is 49.7 Å². The number of amides is 1. The molecule has 1 aromatic heterocycles. The summed E-state index contributed by atoms with van der Waals surface area (Å²) in [5.41, 5.74) is -0.231. The van der Waals surface area contributed by atoms with Crippen molar-refractivity contribution in [2.75, 3.05) is 20.8 Å². The second-order valence-corrected chi connectivity index (χ2v) is 15.0. The Morgan fingerprint density at radius 2 is 1.80 bits per heavy atom. The molecule has 238 valence electrons. The highest BCUT2D eigenvalue weighted by Crippen LogP contribution is 2.79. The van der Waals surface area contributed by atoms with Crippen LogP contribution >= 0.6 is 0 Å². The third kappa shape index (κ3) is 3.58. The minimum absolute atomic E-state index is 0.0577. The van der Waals surface area contributed by atoms with E-state index in [1.54, 1.807) is 32.6 Å². The summed E-state index contributed by atoms with van der Waals surface area (Å²) in [6, 6.07) is 9.20. The van der Waals surface area contributed by atoms with Gasteiger partial charge in [-0.1, -0.05) is 32.1 Å². The third-order valence-corrected chi connectivity index (χ3v) is 13.5. The molecule has 8 nitrogen and oxygen atoms in total. The van der Waals surface area contributed by atoms with E-state index < -0.39 is 11.0 Å². The Kier molecular flexibility index (Phi) is 6.11. The second kappa shape index (κ2) is 9.50. The number of ketones is 1. The molecule has 2 bridgehead atoms. The number of Topliss-reactive ketones (excluding diaryl/α,β-unsaturated/α-hetero) is 1. The van der Waals surface area contributed by atoms with E-state index in [2.05, 4.69) is 32.1 Å². The lowest BCUT2D eigenvalue weighted by molar-refractivity contribution is -0.164. The van der Waals surface area contributed by atoms with Crippen molar-refractivity contribution in [2.24, 2.45) is 33.5 Å². The van der Waals surface area contributed by atoms with E-state index in [-0.39, 0.29) is 46.1 Å². The van der Waals surface area contributed by atoms with Crippen molar-refractivity contribution in [3.8, 4) is 11.5 Å². The van der Waals surface area contributed by atoms with Crippen molar-refractivity contribution in [1.82, 2.24) is 4.90 Å². The second-order valence-electron chi connectivity index (χ2n) is 15.0. The highest BCUT2D eigenvalue weighted by molar-refractivity contribution is 6.08. The summed E-state index contributed by atoms with van der Waals surface area (Å²) in [5, 5.41) is 10.9. The first-order valence-electron chi connectivity index (χ1n) is 16.4. The molecule has 8 unspecified atom stereocenters. The normalized spacial score (nSPS) is 40.9. The first-order chi connectivity index (χ1) is 21.5. The lowest BCUT2D eigenvalue weighted by atomic mass is 9.32. The van der Waals surface area contributed by atoms with Gasteiger partial charge in [-0.3, -0.25) is 9.69 Å². The molecule has 4 fully saturated rings. The van der Waals surface area contributed by atoms with Gasteiger partial charge in [0.25, 0.3) is 0 Å². The largest absolute Gasteiger partial charge is 0.497 e. The molecule has 8 atom stereocenters. The molecular formula is C37H43NO7. The van der Waals surface area contributed by atoms with Crippen LogP contribution in [0.5, 0.6) is 11.5 Å². The number of hydrogen-bond donors (Lipinski definition) is 1. The maximum atomic E-state index is 14.4. The van der Waals surface area contributed by atoms with Gasteiger partial charge in [-0.15, -0.1) is 0 Å². The van der Waals surface area contributed by atoms with Gasteiger partial charge in [0.1, 0.15) is 17.1 Å². The smallest absolute Gasteiger partial charge is 0.410 e. The lowest BCUT2D eigenvalue weighted by Gasteiger charge is -2.71. The molecule has 6 aliphatic carbocycles. The van der Waals surface area contributed by atoms with Crippen molar-refractivity contribution in [3.63, 3.8) is 0 Å². The lowest BCUT2D eigenvalue weighted by Crippen LogP contribution is -2.67. The van der Waals surface area contributed by atoms with Crippen LogP contribution in [0.25, 0.3) is 0 Å².